The van der Waals surface area contributed by atoms with Crippen LogP contribution in [-0.4, -0.2) is 52.0 Å². The number of thioether (sulfide) groups is 1. The molecule has 2 atom stereocenters. The Bertz CT molecular complexity index is 855. The Hall–Kier alpha value is -2.43. The van der Waals surface area contributed by atoms with Crippen LogP contribution in [0.2, 0.25) is 0 Å². The molecule has 156 valence electrons. The Labute approximate surface area is 177 Å². The monoisotopic (exact) mass is 436 g/mol. The Morgan fingerprint density at radius 2 is 1.97 bits per heavy atom. The molecular weight excluding hydrogens is 412 g/mol. The van der Waals surface area contributed by atoms with Crippen LogP contribution < -0.4 is 16.4 Å². The van der Waals surface area contributed by atoms with Crippen LogP contribution in [0.3, 0.4) is 0 Å². The van der Waals surface area contributed by atoms with Crippen LogP contribution in [0.4, 0.5) is 0 Å². The molecule has 29 heavy (non-hydrogen) atoms. The average molecular weight is 437 g/mol. The van der Waals surface area contributed by atoms with Gasteiger partial charge in [0.1, 0.15) is 16.7 Å². The highest BCUT2D eigenvalue weighted by molar-refractivity contribution is 7.98. The molecule has 0 bridgehead atoms. The summed E-state index contributed by atoms with van der Waals surface area (Å²) in [6, 6.07) is 7.57. The van der Waals surface area contributed by atoms with Gasteiger partial charge in [-0.05, 0) is 30.9 Å². The van der Waals surface area contributed by atoms with Gasteiger partial charge in [0.25, 0.3) is 5.91 Å². The predicted octanol–water partition coefficient (Wildman–Crippen LogP) is 1.71. The maximum Gasteiger partial charge on any atom is 0.326 e. The minimum absolute atomic E-state index is 0.132. The van der Waals surface area contributed by atoms with Crippen molar-refractivity contribution in [2.75, 3.05) is 12.0 Å². The Balaban J connectivity index is 2.29. The first-order chi connectivity index (χ1) is 13.8. The van der Waals surface area contributed by atoms with Crippen LogP contribution in [-0.2, 0) is 16.1 Å². The molecule has 1 aromatic heterocycles. The largest absolute Gasteiger partial charge is 0.480 e. The summed E-state index contributed by atoms with van der Waals surface area (Å²) in [6.07, 6.45) is 2.18. The minimum Gasteiger partial charge on any atom is -0.480 e. The van der Waals surface area contributed by atoms with Gasteiger partial charge in [0.05, 0.1) is 17.5 Å². The zero-order valence-corrected chi connectivity index (χ0v) is 17.8. The molecule has 8 nitrogen and oxygen atoms in total. The molecule has 0 fully saturated rings. The third-order valence-corrected chi connectivity index (χ3v) is 5.71. The van der Waals surface area contributed by atoms with E-state index in [4.69, 9.17) is 5.73 Å². The van der Waals surface area contributed by atoms with E-state index in [0.29, 0.717) is 22.1 Å². The molecule has 2 amide bonds. The molecule has 0 saturated carbocycles. The van der Waals surface area contributed by atoms with Crippen molar-refractivity contribution in [3.8, 4) is 10.4 Å². The number of carbonyl (C=O) groups is 3. The van der Waals surface area contributed by atoms with Gasteiger partial charge in [-0.25, -0.2) is 9.78 Å². The zero-order valence-electron chi connectivity index (χ0n) is 16.2. The Morgan fingerprint density at radius 3 is 2.55 bits per heavy atom. The lowest BCUT2D eigenvalue weighted by Crippen LogP contribution is -2.41. The quantitative estimate of drug-likeness (QED) is 0.445. The number of carboxylic acid groups (broad SMARTS) is 1. The van der Waals surface area contributed by atoms with Crippen molar-refractivity contribution in [3.63, 3.8) is 0 Å². The molecule has 0 saturated heterocycles. The summed E-state index contributed by atoms with van der Waals surface area (Å²) < 4.78 is 0. The summed E-state index contributed by atoms with van der Waals surface area (Å²) in [5.74, 6) is -1.36. The number of rotatable bonds is 10. The number of nitrogens with zero attached hydrogens (tertiary/aromatic N) is 1. The molecular formula is C19H24N4O4S2. The SMILES string of the molecule is CSCCC(NC(=O)c1nc(CNC(=O)[C@H](C)N)sc1-c1ccccc1)C(=O)O. The van der Waals surface area contributed by atoms with Crippen molar-refractivity contribution >= 4 is 40.9 Å². The molecule has 0 aliphatic rings. The number of benzene rings is 1. The molecule has 1 heterocycles. The van der Waals surface area contributed by atoms with E-state index in [1.807, 2.05) is 36.6 Å². The normalized spacial score (nSPS) is 12.8. The molecule has 2 aromatic rings. The van der Waals surface area contributed by atoms with Gasteiger partial charge >= 0.3 is 5.97 Å². The highest BCUT2D eigenvalue weighted by Crippen LogP contribution is 2.30. The van der Waals surface area contributed by atoms with Crippen LogP contribution in [0.25, 0.3) is 10.4 Å². The van der Waals surface area contributed by atoms with E-state index >= 15 is 0 Å². The highest BCUT2D eigenvalue weighted by atomic mass is 32.2. The van der Waals surface area contributed by atoms with Crippen LogP contribution in [0.1, 0.15) is 28.8 Å². The van der Waals surface area contributed by atoms with Crippen molar-refractivity contribution in [3.05, 3.63) is 41.0 Å². The molecule has 10 heteroatoms. The number of amides is 2. The number of aromatic nitrogens is 1. The van der Waals surface area contributed by atoms with Gasteiger partial charge in [-0.2, -0.15) is 11.8 Å². The number of carboxylic acids is 1. The number of hydrogen-bond donors (Lipinski definition) is 4. The van der Waals surface area contributed by atoms with E-state index in [1.165, 1.54) is 23.1 Å². The smallest absolute Gasteiger partial charge is 0.326 e. The Kier molecular flexibility index (Phi) is 8.62. The van der Waals surface area contributed by atoms with E-state index in [0.717, 1.165) is 5.56 Å². The lowest BCUT2D eigenvalue weighted by Gasteiger charge is -2.13. The highest BCUT2D eigenvalue weighted by Gasteiger charge is 2.25. The molecule has 5 N–H and O–H groups in total. The fraction of sp³-hybridized carbons (Fsp3) is 0.368. The maximum absolute atomic E-state index is 12.8. The number of nitrogens with one attached hydrogen (secondary N) is 2. The Morgan fingerprint density at radius 1 is 1.28 bits per heavy atom. The predicted molar refractivity (Wildman–Crippen MR) is 115 cm³/mol. The summed E-state index contributed by atoms with van der Waals surface area (Å²) in [6.45, 7) is 1.71. The third kappa shape index (κ3) is 6.55. The molecule has 1 unspecified atom stereocenters. The third-order valence-electron chi connectivity index (χ3n) is 3.96. The number of thiazole rings is 1. The van der Waals surface area contributed by atoms with Gasteiger partial charge < -0.3 is 21.5 Å². The van der Waals surface area contributed by atoms with Crippen LogP contribution in [0.5, 0.6) is 0 Å². The van der Waals surface area contributed by atoms with Gasteiger partial charge in [-0.1, -0.05) is 30.3 Å². The molecule has 0 aliphatic heterocycles. The average Bonchev–Trinajstić information content (AvgIpc) is 3.14. The summed E-state index contributed by atoms with van der Waals surface area (Å²) in [4.78, 5) is 41.0. The second-order valence-electron chi connectivity index (χ2n) is 6.30. The summed E-state index contributed by atoms with van der Waals surface area (Å²) in [7, 11) is 0. The van der Waals surface area contributed by atoms with Gasteiger partial charge in [0, 0.05) is 0 Å². The van der Waals surface area contributed by atoms with Crippen molar-refractivity contribution in [1.29, 1.82) is 0 Å². The first-order valence-corrected chi connectivity index (χ1v) is 11.2. The molecule has 0 aliphatic carbocycles. The first kappa shape index (κ1) is 22.9. The standard InChI is InChI=1S/C19H24N4O4S2/c1-11(20)17(24)21-10-14-23-15(16(29-14)12-6-4-3-5-7-12)18(25)22-13(19(26)27)8-9-28-2/h3-7,11,13H,8-10,20H2,1-2H3,(H,21,24)(H,22,25)(H,26,27)/t11-,13?/m0/s1. The minimum atomic E-state index is -1.09. The van der Waals surface area contributed by atoms with E-state index < -0.39 is 24.0 Å². The summed E-state index contributed by atoms with van der Waals surface area (Å²) >= 11 is 2.78. The zero-order chi connectivity index (χ0) is 21.4. The maximum atomic E-state index is 12.8. The topological polar surface area (TPSA) is 134 Å². The van der Waals surface area contributed by atoms with Crippen LogP contribution >= 0.6 is 23.1 Å². The van der Waals surface area contributed by atoms with E-state index in [-0.39, 0.29) is 18.1 Å². The van der Waals surface area contributed by atoms with Crippen molar-refractivity contribution in [2.24, 2.45) is 5.73 Å². The number of carbonyl (C=O) groups excluding carboxylic acids is 2. The number of nitrogens with two attached hydrogens (primary N) is 1. The van der Waals surface area contributed by atoms with E-state index in [1.54, 1.807) is 6.92 Å². The molecule has 1 aromatic carbocycles. The second kappa shape index (κ2) is 10.9. The van der Waals surface area contributed by atoms with Gasteiger partial charge in [0.2, 0.25) is 5.91 Å². The summed E-state index contributed by atoms with van der Waals surface area (Å²) in [5, 5.41) is 15.1. The van der Waals surface area contributed by atoms with Crippen molar-refractivity contribution < 1.29 is 19.5 Å². The van der Waals surface area contributed by atoms with E-state index in [2.05, 4.69) is 15.6 Å². The fourth-order valence-corrected chi connectivity index (χ4v) is 3.90. The van der Waals surface area contributed by atoms with Gasteiger partial charge in [0.15, 0.2) is 0 Å². The number of hydrogen-bond acceptors (Lipinski definition) is 7. The molecule has 0 spiro atoms. The lowest BCUT2D eigenvalue weighted by molar-refractivity contribution is -0.139. The van der Waals surface area contributed by atoms with Crippen molar-refractivity contribution in [2.45, 2.75) is 32.0 Å². The number of aliphatic carboxylic acids is 1. The van der Waals surface area contributed by atoms with Crippen LogP contribution in [0, 0.1) is 0 Å². The van der Waals surface area contributed by atoms with Gasteiger partial charge in [-0.3, -0.25) is 9.59 Å². The summed E-state index contributed by atoms with van der Waals surface area (Å²) in [5.41, 5.74) is 6.48. The first-order valence-electron chi connectivity index (χ1n) is 8.94. The van der Waals surface area contributed by atoms with Crippen LogP contribution in [0.15, 0.2) is 30.3 Å². The molecule has 2 rings (SSSR count). The lowest BCUT2D eigenvalue weighted by atomic mass is 10.1. The fourth-order valence-electron chi connectivity index (χ4n) is 2.42. The van der Waals surface area contributed by atoms with Gasteiger partial charge in [-0.15, -0.1) is 11.3 Å². The van der Waals surface area contributed by atoms with E-state index in [9.17, 15) is 19.5 Å². The van der Waals surface area contributed by atoms with Crippen molar-refractivity contribution in [1.82, 2.24) is 15.6 Å². The second-order valence-corrected chi connectivity index (χ2v) is 8.37. The molecule has 0 radical (unpaired) electrons.